The van der Waals surface area contributed by atoms with Crippen molar-refractivity contribution in [3.05, 3.63) is 18.5 Å². The van der Waals surface area contributed by atoms with Crippen LogP contribution in [0.1, 0.15) is 0 Å². The van der Waals surface area contributed by atoms with Gasteiger partial charge in [0.25, 0.3) is 0 Å². The van der Waals surface area contributed by atoms with Crippen LogP contribution in [0.25, 0.3) is 0 Å². The van der Waals surface area contributed by atoms with Crippen LogP contribution in [0, 0.1) is 0 Å². The number of hydrogen-bond acceptors (Lipinski definition) is 4. The van der Waals surface area contributed by atoms with Gasteiger partial charge in [-0.2, -0.15) is 13.2 Å². The van der Waals surface area contributed by atoms with Crippen LogP contribution in [-0.4, -0.2) is 21.3 Å². The van der Waals surface area contributed by atoms with E-state index in [9.17, 15) is 18.0 Å². The summed E-state index contributed by atoms with van der Waals surface area (Å²) in [5.41, 5.74) is 0. The fraction of sp³-hybridized carbons (Fsp3) is 0.167. The highest BCUT2D eigenvalue weighted by Crippen LogP contribution is 2.26. The fourth-order valence-corrected chi connectivity index (χ4v) is 0.988. The average molecular weight is 208 g/mol. The molecule has 0 amide bonds. The van der Waals surface area contributed by atoms with Crippen molar-refractivity contribution in [3.63, 3.8) is 0 Å². The zero-order valence-electron chi connectivity index (χ0n) is 6.08. The normalized spacial score (nSPS) is 11.3. The molecule has 0 aliphatic carbocycles. The number of thioether (sulfide) groups is 1. The molecule has 13 heavy (non-hydrogen) atoms. The van der Waals surface area contributed by atoms with E-state index in [-0.39, 0.29) is 16.9 Å². The number of rotatable bonds is 1. The summed E-state index contributed by atoms with van der Waals surface area (Å²) in [5, 5.41) is -2.12. The Bertz CT molecular complexity index is 300. The molecule has 0 N–H and O–H groups in total. The van der Waals surface area contributed by atoms with Gasteiger partial charge in [0.1, 0.15) is 0 Å². The topological polar surface area (TPSA) is 42.9 Å². The summed E-state index contributed by atoms with van der Waals surface area (Å²) in [6.07, 6.45) is -2.32. The molecule has 0 spiro atoms. The van der Waals surface area contributed by atoms with E-state index < -0.39 is 11.3 Å². The van der Waals surface area contributed by atoms with Crippen LogP contribution in [-0.2, 0) is 4.79 Å². The standard InChI is InChI=1S/C6H3F3N2OS/c7-6(8,9)4(12)13-5-10-2-1-3-11-5/h1-3H. The first-order valence-electron chi connectivity index (χ1n) is 3.06. The van der Waals surface area contributed by atoms with Crippen molar-refractivity contribution >= 4 is 16.9 Å². The Morgan fingerprint density at radius 2 is 1.85 bits per heavy atom. The second-order valence-corrected chi connectivity index (χ2v) is 2.86. The predicted octanol–water partition coefficient (Wildman–Crippen LogP) is 1.66. The molecule has 0 aliphatic heterocycles. The summed E-state index contributed by atoms with van der Waals surface area (Å²) in [5.74, 6) is 0. The molecule has 0 unspecified atom stereocenters. The van der Waals surface area contributed by atoms with Crippen molar-refractivity contribution in [2.24, 2.45) is 0 Å². The number of hydrogen-bond donors (Lipinski definition) is 0. The summed E-state index contributed by atoms with van der Waals surface area (Å²) < 4.78 is 35.1. The lowest BCUT2D eigenvalue weighted by molar-refractivity contribution is -0.160. The van der Waals surface area contributed by atoms with Crippen molar-refractivity contribution < 1.29 is 18.0 Å². The smallest absolute Gasteiger partial charge is 0.276 e. The van der Waals surface area contributed by atoms with Gasteiger partial charge in [0.15, 0.2) is 5.16 Å². The van der Waals surface area contributed by atoms with Crippen LogP contribution in [0.4, 0.5) is 13.2 Å². The van der Waals surface area contributed by atoms with E-state index in [1.807, 2.05) is 0 Å². The third-order valence-corrected chi connectivity index (χ3v) is 1.77. The van der Waals surface area contributed by atoms with Crippen LogP contribution >= 0.6 is 11.8 Å². The average Bonchev–Trinajstić information content (AvgIpc) is 2.04. The lowest BCUT2D eigenvalue weighted by Gasteiger charge is -2.01. The van der Waals surface area contributed by atoms with E-state index in [2.05, 4.69) is 9.97 Å². The largest absolute Gasteiger partial charge is 0.461 e. The molecule has 0 aromatic carbocycles. The van der Waals surface area contributed by atoms with Gasteiger partial charge in [-0.25, -0.2) is 9.97 Å². The van der Waals surface area contributed by atoms with E-state index in [1.54, 1.807) is 0 Å². The lowest BCUT2D eigenvalue weighted by atomic mass is 10.7. The van der Waals surface area contributed by atoms with Crippen molar-refractivity contribution in [3.8, 4) is 0 Å². The summed E-state index contributed by atoms with van der Waals surface area (Å²) in [4.78, 5) is 17.3. The lowest BCUT2D eigenvalue weighted by Crippen LogP contribution is -2.19. The first-order valence-corrected chi connectivity index (χ1v) is 3.88. The quantitative estimate of drug-likeness (QED) is 0.520. The SMILES string of the molecule is O=C(Sc1ncccn1)C(F)(F)F. The number of alkyl halides is 3. The molecular formula is C6H3F3N2OS. The third kappa shape index (κ3) is 3.02. The van der Waals surface area contributed by atoms with Crippen LogP contribution in [0.5, 0.6) is 0 Å². The van der Waals surface area contributed by atoms with Crippen molar-refractivity contribution in [1.82, 2.24) is 9.97 Å². The first-order chi connectivity index (χ1) is 6.00. The molecule has 0 aliphatic rings. The highest BCUT2D eigenvalue weighted by Gasteiger charge is 2.39. The molecule has 0 saturated heterocycles. The van der Waals surface area contributed by atoms with Crippen LogP contribution in [0.15, 0.2) is 23.6 Å². The minimum atomic E-state index is -4.84. The first kappa shape index (κ1) is 9.97. The molecule has 1 heterocycles. The predicted molar refractivity (Wildman–Crippen MR) is 39.0 cm³/mol. The number of carbonyl (C=O) groups excluding carboxylic acids is 1. The molecule has 1 aromatic heterocycles. The van der Waals surface area contributed by atoms with Gasteiger partial charge < -0.3 is 0 Å². The van der Waals surface area contributed by atoms with Crippen LogP contribution in [0.3, 0.4) is 0 Å². The van der Waals surface area contributed by atoms with E-state index >= 15 is 0 Å². The molecule has 1 rings (SSSR count). The van der Waals surface area contributed by atoms with Crippen LogP contribution < -0.4 is 0 Å². The summed E-state index contributed by atoms with van der Waals surface area (Å²) >= 11 is -0.0356. The summed E-state index contributed by atoms with van der Waals surface area (Å²) in [6.45, 7) is 0. The van der Waals surface area contributed by atoms with Gasteiger partial charge in [0.05, 0.1) is 0 Å². The van der Waals surface area contributed by atoms with E-state index in [0.29, 0.717) is 0 Å². The maximum absolute atomic E-state index is 11.7. The summed E-state index contributed by atoms with van der Waals surface area (Å²) in [7, 11) is 0. The molecule has 0 fully saturated rings. The highest BCUT2D eigenvalue weighted by atomic mass is 32.2. The molecular weight excluding hydrogens is 205 g/mol. The fourth-order valence-electron chi connectivity index (χ4n) is 0.479. The van der Waals surface area contributed by atoms with Crippen molar-refractivity contribution in [2.45, 2.75) is 11.3 Å². The Hall–Kier alpha value is -1.11. The van der Waals surface area contributed by atoms with Gasteiger partial charge in [0, 0.05) is 12.4 Å². The monoisotopic (exact) mass is 208 g/mol. The second kappa shape index (κ2) is 3.73. The van der Waals surface area contributed by atoms with Gasteiger partial charge in [-0.05, 0) is 17.8 Å². The molecule has 0 saturated carbocycles. The number of aromatic nitrogens is 2. The molecule has 0 bridgehead atoms. The van der Waals surface area contributed by atoms with Gasteiger partial charge in [-0.15, -0.1) is 0 Å². The molecule has 1 aromatic rings. The third-order valence-electron chi connectivity index (χ3n) is 0.958. The number of nitrogens with zero attached hydrogens (tertiary/aromatic N) is 2. The van der Waals surface area contributed by atoms with E-state index in [0.717, 1.165) is 0 Å². The molecule has 3 nitrogen and oxygen atoms in total. The van der Waals surface area contributed by atoms with Crippen LogP contribution in [0.2, 0.25) is 0 Å². The second-order valence-electron chi connectivity index (χ2n) is 1.92. The highest BCUT2D eigenvalue weighted by molar-refractivity contribution is 8.13. The molecule has 7 heteroatoms. The number of carbonyl (C=O) groups is 1. The summed E-state index contributed by atoms with van der Waals surface area (Å²) in [6, 6.07) is 1.45. The van der Waals surface area contributed by atoms with Gasteiger partial charge in [0.2, 0.25) is 0 Å². The van der Waals surface area contributed by atoms with Gasteiger partial charge >= 0.3 is 11.3 Å². The van der Waals surface area contributed by atoms with E-state index in [4.69, 9.17) is 0 Å². The molecule has 0 radical (unpaired) electrons. The number of halogens is 3. The Balaban J connectivity index is 2.66. The van der Waals surface area contributed by atoms with Gasteiger partial charge in [-0.1, -0.05) is 0 Å². The molecule has 0 atom stereocenters. The Labute approximate surface area is 75.4 Å². The zero-order chi connectivity index (χ0) is 9.90. The maximum atomic E-state index is 11.7. The molecule has 70 valence electrons. The Kier molecular flexibility index (Phi) is 2.86. The van der Waals surface area contributed by atoms with Crippen molar-refractivity contribution in [1.29, 1.82) is 0 Å². The van der Waals surface area contributed by atoms with E-state index in [1.165, 1.54) is 18.5 Å². The maximum Gasteiger partial charge on any atom is 0.461 e. The van der Waals surface area contributed by atoms with Crippen molar-refractivity contribution in [2.75, 3.05) is 0 Å². The minimum absolute atomic E-state index is 0.0356. The van der Waals surface area contributed by atoms with Gasteiger partial charge in [-0.3, -0.25) is 4.79 Å². The zero-order valence-corrected chi connectivity index (χ0v) is 6.89. The Morgan fingerprint density at radius 3 is 2.31 bits per heavy atom. The Morgan fingerprint density at radius 1 is 1.31 bits per heavy atom. The minimum Gasteiger partial charge on any atom is -0.276 e.